The molecule has 0 N–H and O–H groups in total. The fourth-order valence-electron chi connectivity index (χ4n) is 2.99. The van der Waals surface area contributed by atoms with Gasteiger partial charge < -0.3 is 9.47 Å². The molecule has 19 heavy (non-hydrogen) atoms. The Labute approximate surface area is 121 Å². The van der Waals surface area contributed by atoms with Gasteiger partial charge in [0.05, 0.1) is 4.47 Å². The molecular weight excluding hydrogens is 308 g/mol. The van der Waals surface area contributed by atoms with Gasteiger partial charge in [0, 0.05) is 36.0 Å². The van der Waals surface area contributed by atoms with E-state index in [0.29, 0.717) is 6.42 Å². The van der Waals surface area contributed by atoms with Crippen molar-refractivity contribution < 1.29 is 14.3 Å². The van der Waals surface area contributed by atoms with Crippen molar-refractivity contribution in [2.24, 2.45) is 0 Å². The van der Waals surface area contributed by atoms with Gasteiger partial charge in [0.25, 0.3) is 0 Å². The van der Waals surface area contributed by atoms with Crippen LogP contribution in [0.1, 0.15) is 37.5 Å². The highest BCUT2D eigenvalue weighted by atomic mass is 79.9. The second-order valence-corrected chi connectivity index (χ2v) is 6.34. The highest BCUT2D eigenvalue weighted by Crippen LogP contribution is 2.49. The van der Waals surface area contributed by atoms with Crippen molar-refractivity contribution in [3.8, 4) is 11.5 Å². The van der Waals surface area contributed by atoms with Gasteiger partial charge in [0.15, 0.2) is 0 Å². The number of fused-ring (bicyclic) bond motifs is 2. The maximum Gasteiger partial charge on any atom is 0.138 e. The van der Waals surface area contributed by atoms with E-state index in [1.165, 1.54) is 0 Å². The van der Waals surface area contributed by atoms with E-state index in [0.717, 1.165) is 45.5 Å². The molecule has 0 bridgehead atoms. The van der Waals surface area contributed by atoms with Crippen LogP contribution in [0.15, 0.2) is 4.47 Å². The number of Topliss-reactive ketones (excluding diaryl/α,β-unsaturated/α-hetero) is 1. The van der Waals surface area contributed by atoms with Crippen molar-refractivity contribution in [3.63, 3.8) is 0 Å². The van der Waals surface area contributed by atoms with Gasteiger partial charge in [-0.25, -0.2) is 0 Å². The van der Waals surface area contributed by atoms with Crippen LogP contribution >= 0.6 is 15.9 Å². The summed E-state index contributed by atoms with van der Waals surface area (Å²) in [4.78, 5) is 11.6. The molecule has 3 nitrogen and oxygen atoms in total. The fraction of sp³-hybridized carbons (Fsp3) is 0.533. The largest absolute Gasteiger partial charge is 0.490 e. The minimum Gasteiger partial charge on any atom is -0.490 e. The first-order chi connectivity index (χ1) is 8.97. The Balaban J connectivity index is 2.20. The van der Waals surface area contributed by atoms with Crippen LogP contribution in [0.4, 0.5) is 0 Å². The normalized spacial score (nSPS) is 23.6. The van der Waals surface area contributed by atoms with Crippen LogP contribution in [0, 0.1) is 0 Å². The van der Waals surface area contributed by atoms with E-state index in [-0.39, 0.29) is 18.0 Å². The highest BCUT2D eigenvalue weighted by molar-refractivity contribution is 9.10. The van der Waals surface area contributed by atoms with Gasteiger partial charge in [-0.1, -0.05) is 0 Å². The van der Waals surface area contributed by atoms with Gasteiger partial charge in [-0.2, -0.15) is 0 Å². The zero-order valence-corrected chi connectivity index (χ0v) is 13.0. The summed E-state index contributed by atoms with van der Waals surface area (Å²) in [5.41, 5.74) is 3.33. The summed E-state index contributed by atoms with van der Waals surface area (Å²) < 4.78 is 12.9. The maximum absolute atomic E-state index is 11.6. The number of benzene rings is 1. The van der Waals surface area contributed by atoms with E-state index in [2.05, 4.69) is 29.8 Å². The lowest BCUT2D eigenvalue weighted by atomic mass is 9.95. The first kappa shape index (κ1) is 13.0. The lowest BCUT2D eigenvalue weighted by Gasteiger charge is -2.14. The van der Waals surface area contributed by atoms with Crippen molar-refractivity contribution in [2.75, 3.05) is 0 Å². The first-order valence-corrected chi connectivity index (χ1v) is 7.45. The molecule has 0 saturated carbocycles. The molecule has 0 saturated heterocycles. The van der Waals surface area contributed by atoms with E-state index in [4.69, 9.17) is 9.47 Å². The molecule has 2 atom stereocenters. The molecule has 2 unspecified atom stereocenters. The van der Waals surface area contributed by atoms with Crippen molar-refractivity contribution in [1.82, 2.24) is 0 Å². The van der Waals surface area contributed by atoms with Crippen LogP contribution in [0.2, 0.25) is 0 Å². The van der Waals surface area contributed by atoms with Gasteiger partial charge in [-0.3, -0.25) is 4.79 Å². The van der Waals surface area contributed by atoms with Crippen LogP contribution in [0.5, 0.6) is 11.5 Å². The zero-order chi connectivity index (χ0) is 13.7. The van der Waals surface area contributed by atoms with E-state index in [9.17, 15) is 4.79 Å². The first-order valence-electron chi connectivity index (χ1n) is 6.66. The molecule has 2 heterocycles. The number of carbonyl (C=O) groups is 1. The number of carbonyl (C=O) groups excluding carboxylic acids is 1. The fourth-order valence-corrected chi connectivity index (χ4v) is 3.66. The van der Waals surface area contributed by atoms with Crippen molar-refractivity contribution >= 4 is 21.7 Å². The van der Waals surface area contributed by atoms with Gasteiger partial charge in [0.2, 0.25) is 0 Å². The Morgan fingerprint density at radius 3 is 2.37 bits per heavy atom. The number of ketones is 1. The number of hydrogen-bond donors (Lipinski definition) is 0. The van der Waals surface area contributed by atoms with E-state index < -0.39 is 0 Å². The Kier molecular flexibility index (Phi) is 3.08. The second kappa shape index (κ2) is 4.51. The van der Waals surface area contributed by atoms with E-state index >= 15 is 0 Å². The molecule has 2 aliphatic rings. The third-order valence-electron chi connectivity index (χ3n) is 3.70. The van der Waals surface area contributed by atoms with Crippen molar-refractivity contribution in [3.05, 3.63) is 21.2 Å². The molecule has 2 aliphatic heterocycles. The second-order valence-electron chi connectivity index (χ2n) is 5.55. The topological polar surface area (TPSA) is 35.5 Å². The van der Waals surface area contributed by atoms with Gasteiger partial charge in [-0.15, -0.1) is 0 Å². The SMILES string of the molecule is CC(=O)Cc1c2c(c(Br)c3c1OC(C)C3)OC(C)C2. The lowest BCUT2D eigenvalue weighted by molar-refractivity contribution is -0.116. The Morgan fingerprint density at radius 1 is 1.16 bits per heavy atom. The predicted molar refractivity (Wildman–Crippen MR) is 76.1 cm³/mol. The van der Waals surface area contributed by atoms with Crippen LogP contribution in [0.3, 0.4) is 0 Å². The Morgan fingerprint density at radius 2 is 1.74 bits per heavy atom. The van der Waals surface area contributed by atoms with Crippen LogP contribution < -0.4 is 9.47 Å². The van der Waals surface area contributed by atoms with Gasteiger partial charge >= 0.3 is 0 Å². The molecule has 102 valence electrons. The lowest BCUT2D eigenvalue weighted by Crippen LogP contribution is -2.09. The molecule has 4 heteroatoms. The molecule has 3 rings (SSSR count). The maximum atomic E-state index is 11.6. The number of halogens is 1. The zero-order valence-electron chi connectivity index (χ0n) is 11.4. The summed E-state index contributed by atoms with van der Waals surface area (Å²) in [5.74, 6) is 1.99. The highest BCUT2D eigenvalue weighted by Gasteiger charge is 2.34. The summed E-state index contributed by atoms with van der Waals surface area (Å²) in [6, 6.07) is 0. The quantitative estimate of drug-likeness (QED) is 0.837. The molecular formula is C15H17BrO3. The van der Waals surface area contributed by atoms with E-state index in [1.807, 2.05) is 0 Å². The number of rotatable bonds is 2. The third-order valence-corrected chi connectivity index (χ3v) is 4.54. The average Bonchev–Trinajstić information content (AvgIpc) is 2.87. The smallest absolute Gasteiger partial charge is 0.138 e. The van der Waals surface area contributed by atoms with Crippen LogP contribution in [-0.2, 0) is 24.1 Å². The molecule has 0 radical (unpaired) electrons. The number of hydrogen-bond acceptors (Lipinski definition) is 3. The Hall–Kier alpha value is -1.03. The summed E-state index contributed by atoms with van der Waals surface area (Å²) >= 11 is 3.65. The van der Waals surface area contributed by atoms with Crippen molar-refractivity contribution in [1.29, 1.82) is 0 Å². The minimum atomic E-state index is 0.162. The monoisotopic (exact) mass is 324 g/mol. The van der Waals surface area contributed by atoms with Crippen molar-refractivity contribution in [2.45, 2.75) is 52.2 Å². The molecule has 1 aromatic rings. The molecule has 0 aliphatic carbocycles. The molecule has 0 spiro atoms. The summed E-state index contributed by atoms with van der Waals surface area (Å²) in [5, 5.41) is 0. The molecule has 0 fully saturated rings. The van der Waals surface area contributed by atoms with Crippen LogP contribution in [0.25, 0.3) is 0 Å². The predicted octanol–water partition coefficient (Wildman–Crippen LogP) is 3.23. The van der Waals surface area contributed by atoms with Crippen LogP contribution in [-0.4, -0.2) is 18.0 Å². The van der Waals surface area contributed by atoms with E-state index in [1.54, 1.807) is 6.92 Å². The molecule has 0 aromatic heterocycles. The van der Waals surface area contributed by atoms with Gasteiger partial charge in [-0.05, 0) is 36.7 Å². The van der Waals surface area contributed by atoms with Gasteiger partial charge in [0.1, 0.15) is 29.5 Å². The average molecular weight is 325 g/mol. The third kappa shape index (κ3) is 2.06. The summed E-state index contributed by atoms with van der Waals surface area (Å²) in [6.45, 7) is 5.73. The number of ether oxygens (including phenoxy) is 2. The Bertz CT molecular complexity index is 526. The summed E-state index contributed by atoms with van der Waals surface area (Å²) in [7, 11) is 0. The molecule has 0 amide bonds. The summed E-state index contributed by atoms with van der Waals surface area (Å²) in [6.07, 6.45) is 2.47. The minimum absolute atomic E-state index is 0.162. The molecule has 1 aromatic carbocycles. The standard InChI is InChI=1S/C15H17BrO3/c1-7(17)4-10-11-5-8(2)19-15(11)13(16)12-6-9(3)18-14(10)12/h8-9H,4-6H2,1-3H3.